The van der Waals surface area contributed by atoms with Crippen LogP contribution in [0.15, 0.2) is 39.5 Å². The monoisotopic (exact) mass is 325 g/mol. The number of hydrogen-bond donors (Lipinski definition) is 1. The van der Waals surface area contributed by atoms with E-state index in [1.807, 2.05) is 0 Å². The van der Waals surface area contributed by atoms with E-state index in [0.29, 0.717) is 33.6 Å². The van der Waals surface area contributed by atoms with Crippen LogP contribution in [0, 0.1) is 13.8 Å². The third kappa shape index (κ3) is 2.71. The number of benzene rings is 1. The Morgan fingerprint density at radius 2 is 1.92 bits per heavy atom. The maximum Gasteiger partial charge on any atom is 0.336 e. The standard InChI is InChI=1S/C17H15N3O4/c1-9-15(10(2)20(3)19-9)16(22)17(23)18-12-5-6-13-11(8-12)4-7-14(21)24-13/h4-8H,1-3H3,(H,18,23). The van der Waals surface area contributed by atoms with Crippen LogP contribution in [0.3, 0.4) is 0 Å². The van der Waals surface area contributed by atoms with Gasteiger partial charge in [0.1, 0.15) is 5.58 Å². The lowest BCUT2D eigenvalue weighted by Gasteiger charge is -2.06. The number of nitrogens with zero attached hydrogens (tertiary/aromatic N) is 2. The summed E-state index contributed by atoms with van der Waals surface area (Å²) in [6.07, 6.45) is 0. The zero-order chi connectivity index (χ0) is 17.4. The van der Waals surface area contributed by atoms with Crippen LogP contribution < -0.4 is 10.9 Å². The molecule has 3 rings (SSSR count). The zero-order valence-corrected chi connectivity index (χ0v) is 13.4. The van der Waals surface area contributed by atoms with Crippen LogP contribution >= 0.6 is 0 Å². The van der Waals surface area contributed by atoms with E-state index in [0.717, 1.165) is 0 Å². The van der Waals surface area contributed by atoms with Crippen LogP contribution in [0.1, 0.15) is 21.7 Å². The number of aryl methyl sites for hydroxylation is 2. The minimum atomic E-state index is -0.745. The fourth-order valence-electron chi connectivity index (χ4n) is 2.55. The average molecular weight is 325 g/mol. The van der Waals surface area contributed by atoms with E-state index in [9.17, 15) is 14.4 Å². The second-order valence-electron chi connectivity index (χ2n) is 5.46. The van der Waals surface area contributed by atoms with E-state index < -0.39 is 17.3 Å². The molecule has 0 saturated carbocycles. The minimum absolute atomic E-state index is 0.307. The number of anilines is 1. The summed E-state index contributed by atoms with van der Waals surface area (Å²) in [4.78, 5) is 35.8. The Bertz CT molecular complexity index is 1030. The highest BCUT2D eigenvalue weighted by molar-refractivity contribution is 6.47. The topological polar surface area (TPSA) is 94.2 Å². The summed E-state index contributed by atoms with van der Waals surface area (Å²) >= 11 is 0. The predicted molar refractivity (Wildman–Crippen MR) is 88.1 cm³/mol. The summed E-state index contributed by atoms with van der Waals surface area (Å²) in [5.41, 5.74) is 1.85. The summed E-state index contributed by atoms with van der Waals surface area (Å²) in [5.74, 6) is -1.39. The van der Waals surface area contributed by atoms with E-state index in [1.54, 1.807) is 49.8 Å². The van der Waals surface area contributed by atoms with Gasteiger partial charge in [-0.1, -0.05) is 0 Å². The summed E-state index contributed by atoms with van der Waals surface area (Å²) in [6, 6.07) is 7.65. The maximum atomic E-state index is 12.4. The predicted octanol–water partition coefficient (Wildman–Crippen LogP) is 1.96. The van der Waals surface area contributed by atoms with Gasteiger partial charge in [0.25, 0.3) is 11.7 Å². The molecule has 7 nitrogen and oxygen atoms in total. The van der Waals surface area contributed by atoms with Crippen LogP contribution in [-0.4, -0.2) is 21.5 Å². The van der Waals surface area contributed by atoms with E-state index in [4.69, 9.17) is 4.42 Å². The smallest absolute Gasteiger partial charge is 0.336 e. The molecule has 122 valence electrons. The van der Waals surface area contributed by atoms with Gasteiger partial charge in [0, 0.05) is 29.9 Å². The van der Waals surface area contributed by atoms with Crippen molar-refractivity contribution in [3.05, 3.63) is 57.7 Å². The minimum Gasteiger partial charge on any atom is -0.423 e. The zero-order valence-electron chi connectivity index (χ0n) is 13.4. The van der Waals surface area contributed by atoms with Gasteiger partial charge < -0.3 is 9.73 Å². The molecule has 3 aromatic rings. The summed E-state index contributed by atoms with van der Waals surface area (Å²) in [6.45, 7) is 3.42. The van der Waals surface area contributed by atoms with Gasteiger partial charge in [0.2, 0.25) is 0 Å². The fourth-order valence-corrected chi connectivity index (χ4v) is 2.55. The summed E-state index contributed by atoms with van der Waals surface area (Å²) in [7, 11) is 1.72. The first-order chi connectivity index (χ1) is 11.4. The van der Waals surface area contributed by atoms with Gasteiger partial charge in [0.15, 0.2) is 0 Å². The van der Waals surface area contributed by atoms with Crippen molar-refractivity contribution < 1.29 is 14.0 Å². The van der Waals surface area contributed by atoms with Crippen molar-refractivity contribution in [2.75, 3.05) is 5.32 Å². The second kappa shape index (κ2) is 5.77. The fraction of sp³-hybridized carbons (Fsp3) is 0.176. The molecule has 24 heavy (non-hydrogen) atoms. The van der Waals surface area contributed by atoms with Crippen molar-refractivity contribution in [1.29, 1.82) is 0 Å². The number of aromatic nitrogens is 2. The van der Waals surface area contributed by atoms with Crippen molar-refractivity contribution in [3.63, 3.8) is 0 Å². The van der Waals surface area contributed by atoms with E-state index in [1.165, 1.54) is 6.07 Å². The number of fused-ring (bicyclic) bond motifs is 1. The summed E-state index contributed by atoms with van der Waals surface area (Å²) in [5, 5.41) is 7.36. The number of rotatable bonds is 3. The van der Waals surface area contributed by atoms with Crippen LogP contribution in [0.25, 0.3) is 11.0 Å². The highest BCUT2D eigenvalue weighted by Crippen LogP contribution is 2.19. The highest BCUT2D eigenvalue weighted by atomic mass is 16.4. The lowest BCUT2D eigenvalue weighted by Crippen LogP contribution is -2.24. The number of hydrogen-bond acceptors (Lipinski definition) is 5. The Labute approximate surface area is 136 Å². The molecule has 0 unspecified atom stereocenters. The Hall–Kier alpha value is -3.22. The van der Waals surface area contributed by atoms with E-state index >= 15 is 0 Å². The van der Waals surface area contributed by atoms with E-state index in [-0.39, 0.29) is 0 Å². The highest BCUT2D eigenvalue weighted by Gasteiger charge is 2.23. The number of Topliss-reactive ketones (excluding diaryl/α,β-unsaturated/α-hetero) is 1. The van der Waals surface area contributed by atoms with Gasteiger partial charge in [-0.05, 0) is 38.1 Å². The molecule has 0 saturated heterocycles. The third-order valence-electron chi connectivity index (χ3n) is 3.82. The van der Waals surface area contributed by atoms with Crippen molar-refractivity contribution >= 4 is 28.3 Å². The Morgan fingerprint density at radius 3 is 2.58 bits per heavy atom. The lowest BCUT2D eigenvalue weighted by atomic mass is 10.1. The first-order valence-corrected chi connectivity index (χ1v) is 7.26. The molecule has 2 heterocycles. The Kier molecular flexibility index (Phi) is 3.76. The number of nitrogens with one attached hydrogen (secondary N) is 1. The molecule has 0 atom stereocenters. The number of ketones is 1. The molecule has 1 N–H and O–H groups in total. The molecule has 2 aromatic heterocycles. The molecule has 0 aliphatic carbocycles. The van der Waals surface area contributed by atoms with Crippen LogP contribution in [-0.2, 0) is 11.8 Å². The molecule has 1 aromatic carbocycles. The SMILES string of the molecule is Cc1nn(C)c(C)c1C(=O)C(=O)Nc1ccc2oc(=O)ccc2c1. The molecule has 7 heteroatoms. The number of amides is 1. The van der Waals surface area contributed by atoms with Crippen molar-refractivity contribution in [2.24, 2.45) is 7.05 Å². The molecule has 0 bridgehead atoms. The van der Waals surface area contributed by atoms with Gasteiger partial charge >= 0.3 is 5.63 Å². The van der Waals surface area contributed by atoms with Crippen molar-refractivity contribution in [2.45, 2.75) is 13.8 Å². The summed E-state index contributed by atoms with van der Waals surface area (Å²) < 4.78 is 6.59. The van der Waals surface area contributed by atoms with Gasteiger partial charge in [-0.2, -0.15) is 5.10 Å². The molecular formula is C17H15N3O4. The largest absolute Gasteiger partial charge is 0.423 e. The van der Waals surface area contributed by atoms with E-state index in [2.05, 4.69) is 10.4 Å². The number of carbonyl (C=O) groups is 2. The van der Waals surface area contributed by atoms with Gasteiger partial charge in [-0.25, -0.2) is 4.79 Å². The number of carbonyl (C=O) groups excluding carboxylic acids is 2. The van der Waals surface area contributed by atoms with Gasteiger partial charge in [-0.3, -0.25) is 14.3 Å². The Morgan fingerprint density at radius 1 is 1.17 bits per heavy atom. The third-order valence-corrected chi connectivity index (χ3v) is 3.82. The van der Waals surface area contributed by atoms with Crippen molar-refractivity contribution in [1.82, 2.24) is 9.78 Å². The molecule has 0 spiro atoms. The molecule has 0 radical (unpaired) electrons. The van der Waals surface area contributed by atoms with Crippen LogP contribution in [0.2, 0.25) is 0 Å². The molecule has 0 aliphatic rings. The Balaban J connectivity index is 1.88. The van der Waals surface area contributed by atoms with Gasteiger partial charge in [0.05, 0.1) is 11.3 Å². The first-order valence-electron chi connectivity index (χ1n) is 7.26. The lowest BCUT2D eigenvalue weighted by molar-refractivity contribution is -0.112. The molecule has 1 amide bonds. The van der Waals surface area contributed by atoms with Crippen LogP contribution in [0.4, 0.5) is 5.69 Å². The molecule has 0 fully saturated rings. The van der Waals surface area contributed by atoms with Gasteiger partial charge in [-0.15, -0.1) is 0 Å². The maximum absolute atomic E-state index is 12.4. The second-order valence-corrected chi connectivity index (χ2v) is 5.46. The first kappa shape index (κ1) is 15.7. The molecule has 0 aliphatic heterocycles. The van der Waals surface area contributed by atoms with Crippen molar-refractivity contribution in [3.8, 4) is 0 Å². The van der Waals surface area contributed by atoms with Crippen LogP contribution in [0.5, 0.6) is 0 Å². The quantitative estimate of drug-likeness (QED) is 0.451. The average Bonchev–Trinajstić information content (AvgIpc) is 2.79. The normalized spacial score (nSPS) is 10.8. The molecular weight excluding hydrogens is 310 g/mol.